The molecule has 1 atom stereocenters. The molecule has 1 radical (unpaired) electrons. The average molecular weight is 482 g/mol. The Labute approximate surface area is 216 Å². The number of aryl methyl sites for hydroxylation is 1. The summed E-state index contributed by atoms with van der Waals surface area (Å²) in [5.74, 6) is -0.423. The first-order valence-corrected chi connectivity index (χ1v) is 11.0. The third kappa shape index (κ3) is 4.04. The molecule has 4 aromatic rings. The minimum Gasteiger partial charge on any atom is -0.396 e. The van der Waals surface area contributed by atoms with Crippen LogP contribution in [0.1, 0.15) is 30.5 Å². The molecule has 4 rings (SSSR count). The minimum absolute atomic E-state index is 0. The Hall–Kier alpha value is -1.68. The number of aromatic amines is 1. The molecule has 32 heavy (non-hydrogen) atoms. The van der Waals surface area contributed by atoms with Crippen LogP contribution in [0, 0.1) is 5.41 Å². The molecule has 0 saturated carbocycles. The topological polar surface area (TPSA) is 92.9 Å². The van der Waals surface area contributed by atoms with Crippen LogP contribution in [-0.4, -0.2) is 60.4 Å². The van der Waals surface area contributed by atoms with Gasteiger partial charge in [0.25, 0.3) is 5.56 Å². The summed E-state index contributed by atoms with van der Waals surface area (Å²) in [5.41, 5.74) is 1.16. The zero-order valence-corrected chi connectivity index (χ0v) is 22.2. The summed E-state index contributed by atoms with van der Waals surface area (Å²) in [4.78, 5) is 33.9. The molecular formula is C22H23ClN4NaO3S. The molecule has 0 aliphatic heterocycles. The van der Waals surface area contributed by atoms with Gasteiger partial charge in [-0.05, 0) is 5.56 Å². The second-order valence-corrected chi connectivity index (χ2v) is 9.57. The Kier molecular flexibility index (Phi) is 7.24. The third-order valence-corrected chi connectivity index (χ3v) is 6.94. The summed E-state index contributed by atoms with van der Waals surface area (Å²) in [6.45, 7) is 3.71. The Morgan fingerprint density at radius 2 is 1.84 bits per heavy atom. The van der Waals surface area contributed by atoms with E-state index in [1.807, 2.05) is 44.2 Å². The number of nitrogens with one attached hydrogen (secondary N) is 1. The molecule has 10 heteroatoms. The molecule has 0 amide bonds. The van der Waals surface area contributed by atoms with Gasteiger partial charge < -0.3 is 10.1 Å². The van der Waals surface area contributed by atoms with Crippen molar-refractivity contribution in [3.8, 4) is 11.3 Å². The van der Waals surface area contributed by atoms with E-state index >= 15 is 0 Å². The summed E-state index contributed by atoms with van der Waals surface area (Å²) in [6, 6.07) is 9.50. The Bertz CT molecular complexity index is 1390. The van der Waals surface area contributed by atoms with Gasteiger partial charge in [-0.2, -0.15) is 0 Å². The quantitative estimate of drug-likeness (QED) is 0.428. The van der Waals surface area contributed by atoms with Crippen LogP contribution in [0.15, 0.2) is 45.3 Å². The molecule has 1 aromatic carbocycles. The fourth-order valence-electron chi connectivity index (χ4n) is 4.01. The number of rotatable bonds is 5. The fraction of sp³-hybridized carbons (Fsp3) is 0.318. The maximum atomic E-state index is 13.2. The van der Waals surface area contributed by atoms with E-state index in [0.717, 1.165) is 10.1 Å². The standard InChI is InChI=1S/C22H23ClN4O3S.Na/c1-22(2,11-28)15(19-24-13(23)10-31-19)17-18-14(20(29)27(4)21(30)26(18)3)16(25-17)12-8-6-5-7-9-12;/h5-10,15,25,28H,11H2,1-4H3;. The predicted molar refractivity (Wildman–Crippen MR) is 130 cm³/mol. The normalized spacial score (nSPS) is 12.7. The number of aliphatic hydroxyl groups is 1. The molecule has 0 bridgehead atoms. The van der Waals surface area contributed by atoms with Crippen LogP contribution >= 0.6 is 22.9 Å². The van der Waals surface area contributed by atoms with Crippen molar-refractivity contribution >= 4 is 63.4 Å². The number of aromatic nitrogens is 4. The van der Waals surface area contributed by atoms with E-state index in [4.69, 9.17) is 11.6 Å². The Balaban J connectivity index is 0.00000289. The van der Waals surface area contributed by atoms with E-state index in [1.54, 1.807) is 12.4 Å². The van der Waals surface area contributed by atoms with Crippen LogP contribution in [0.4, 0.5) is 0 Å². The largest absolute Gasteiger partial charge is 0.396 e. The molecule has 0 aliphatic rings. The maximum absolute atomic E-state index is 13.2. The molecule has 0 aliphatic carbocycles. The summed E-state index contributed by atoms with van der Waals surface area (Å²) < 4.78 is 2.59. The van der Waals surface area contributed by atoms with Gasteiger partial charge in [0.05, 0.1) is 28.2 Å². The fourth-order valence-corrected chi connectivity index (χ4v) is 5.28. The van der Waals surface area contributed by atoms with E-state index in [0.29, 0.717) is 32.5 Å². The van der Waals surface area contributed by atoms with E-state index in [-0.39, 0.29) is 41.7 Å². The van der Waals surface area contributed by atoms with Gasteiger partial charge in [-0.15, -0.1) is 11.3 Å². The first-order valence-electron chi connectivity index (χ1n) is 9.76. The first-order chi connectivity index (χ1) is 14.7. The zero-order valence-electron chi connectivity index (χ0n) is 18.6. The second-order valence-electron chi connectivity index (χ2n) is 8.30. The van der Waals surface area contributed by atoms with Crippen molar-refractivity contribution in [2.75, 3.05) is 6.61 Å². The molecule has 7 nitrogen and oxygen atoms in total. The van der Waals surface area contributed by atoms with Crippen LogP contribution in [0.25, 0.3) is 22.2 Å². The van der Waals surface area contributed by atoms with Crippen LogP contribution < -0.4 is 11.2 Å². The molecule has 0 saturated heterocycles. The van der Waals surface area contributed by atoms with Crippen molar-refractivity contribution < 1.29 is 5.11 Å². The van der Waals surface area contributed by atoms with Crippen LogP contribution in [-0.2, 0) is 14.1 Å². The Morgan fingerprint density at radius 3 is 2.41 bits per heavy atom. The van der Waals surface area contributed by atoms with Crippen molar-refractivity contribution in [2.24, 2.45) is 19.5 Å². The molecular weight excluding hydrogens is 459 g/mol. The van der Waals surface area contributed by atoms with E-state index in [2.05, 4.69) is 9.97 Å². The number of H-pyrrole nitrogens is 1. The molecule has 3 heterocycles. The summed E-state index contributed by atoms with van der Waals surface area (Å²) in [5, 5.41) is 13.4. The number of thiazole rings is 1. The van der Waals surface area contributed by atoms with Crippen molar-refractivity contribution in [2.45, 2.75) is 19.8 Å². The van der Waals surface area contributed by atoms with Crippen molar-refractivity contribution in [1.29, 1.82) is 0 Å². The summed E-state index contributed by atoms with van der Waals surface area (Å²) in [6.07, 6.45) is 0. The van der Waals surface area contributed by atoms with Gasteiger partial charge in [-0.25, -0.2) is 9.78 Å². The monoisotopic (exact) mass is 481 g/mol. The summed E-state index contributed by atoms with van der Waals surface area (Å²) in [7, 11) is 3.12. The second kappa shape index (κ2) is 9.29. The third-order valence-electron chi connectivity index (χ3n) is 5.71. The average Bonchev–Trinajstić information content (AvgIpc) is 3.35. The Morgan fingerprint density at radius 1 is 1.19 bits per heavy atom. The van der Waals surface area contributed by atoms with Gasteiger partial charge in [0.1, 0.15) is 10.2 Å². The van der Waals surface area contributed by atoms with Gasteiger partial charge >= 0.3 is 5.69 Å². The smallest absolute Gasteiger partial charge is 0.331 e. The van der Waals surface area contributed by atoms with Gasteiger partial charge in [0.2, 0.25) is 0 Å². The number of halogens is 1. The molecule has 163 valence electrons. The van der Waals surface area contributed by atoms with E-state index < -0.39 is 17.0 Å². The first kappa shape index (κ1) is 25.0. The molecule has 3 aromatic heterocycles. The molecule has 2 N–H and O–H groups in total. The van der Waals surface area contributed by atoms with E-state index in [9.17, 15) is 14.7 Å². The number of aliphatic hydroxyl groups excluding tert-OH is 1. The maximum Gasteiger partial charge on any atom is 0.331 e. The number of benzene rings is 1. The van der Waals surface area contributed by atoms with E-state index in [1.165, 1.54) is 23.0 Å². The van der Waals surface area contributed by atoms with Crippen LogP contribution in [0.5, 0.6) is 0 Å². The van der Waals surface area contributed by atoms with Gasteiger partial charge in [-0.3, -0.25) is 13.9 Å². The SMILES string of the molecule is Cn1c(=O)c2c(-c3ccccc3)[nH]c(C(c3nc(Cl)cs3)C(C)(C)CO)c2n(C)c1=O.[Na]. The van der Waals surface area contributed by atoms with Gasteiger partial charge in [0, 0.05) is 61.1 Å². The number of fused-ring (bicyclic) bond motifs is 1. The number of nitrogens with zero attached hydrogens (tertiary/aromatic N) is 3. The molecule has 0 fully saturated rings. The van der Waals surface area contributed by atoms with Crippen molar-refractivity contribution in [3.05, 3.63) is 72.4 Å². The predicted octanol–water partition coefficient (Wildman–Crippen LogP) is 3.11. The van der Waals surface area contributed by atoms with Gasteiger partial charge in [-0.1, -0.05) is 55.8 Å². The zero-order chi connectivity index (χ0) is 22.5. The van der Waals surface area contributed by atoms with Crippen molar-refractivity contribution in [3.63, 3.8) is 0 Å². The number of hydrogen-bond donors (Lipinski definition) is 2. The molecule has 1 unspecified atom stereocenters. The van der Waals surface area contributed by atoms with Gasteiger partial charge in [0.15, 0.2) is 0 Å². The number of hydrogen-bond acceptors (Lipinski definition) is 5. The minimum atomic E-state index is -0.649. The molecule has 0 spiro atoms. The van der Waals surface area contributed by atoms with Crippen molar-refractivity contribution in [1.82, 2.24) is 19.1 Å². The summed E-state index contributed by atoms with van der Waals surface area (Å²) >= 11 is 7.51. The van der Waals surface area contributed by atoms with Crippen LogP contribution in [0.3, 0.4) is 0 Å². The van der Waals surface area contributed by atoms with Crippen LogP contribution in [0.2, 0.25) is 5.15 Å².